The van der Waals surface area contributed by atoms with Crippen LogP contribution in [0.1, 0.15) is 0 Å². The van der Waals surface area contributed by atoms with E-state index in [9.17, 15) is 12.8 Å². The number of sulfonamides is 1. The standard InChI is InChI=1S/C13H21FN4O2S/c1-17-6-8-18(9-7-17)5-4-16-21(19,20)11-2-3-13(15)12(14)10-11/h2-3,10,16H,4-9,15H2,1H3. The Kier molecular flexibility index (Phi) is 5.15. The van der Waals surface area contributed by atoms with E-state index >= 15 is 0 Å². The van der Waals surface area contributed by atoms with E-state index in [0.29, 0.717) is 13.1 Å². The van der Waals surface area contributed by atoms with E-state index in [1.54, 1.807) is 0 Å². The predicted octanol–water partition coefficient (Wildman–Crippen LogP) is -0.0664. The number of hydrogen-bond donors (Lipinski definition) is 2. The molecule has 0 bridgehead atoms. The van der Waals surface area contributed by atoms with Gasteiger partial charge in [-0.05, 0) is 25.2 Å². The molecular weight excluding hydrogens is 295 g/mol. The van der Waals surface area contributed by atoms with E-state index in [0.717, 1.165) is 32.2 Å². The molecule has 0 spiro atoms. The van der Waals surface area contributed by atoms with Gasteiger partial charge in [-0.3, -0.25) is 4.90 Å². The van der Waals surface area contributed by atoms with Crippen LogP contribution in [-0.2, 0) is 10.0 Å². The van der Waals surface area contributed by atoms with Gasteiger partial charge in [0, 0.05) is 39.3 Å². The fraction of sp³-hybridized carbons (Fsp3) is 0.538. The molecule has 8 heteroatoms. The second-order valence-electron chi connectivity index (χ2n) is 5.23. The summed E-state index contributed by atoms with van der Waals surface area (Å²) in [5, 5.41) is 0. The highest BCUT2D eigenvalue weighted by Gasteiger charge is 2.17. The zero-order valence-corrected chi connectivity index (χ0v) is 12.9. The van der Waals surface area contributed by atoms with E-state index in [4.69, 9.17) is 5.73 Å². The normalized spacial score (nSPS) is 18.0. The van der Waals surface area contributed by atoms with Crippen molar-refractivity contribution in [3.63, 3.8) is 0 Å². The molecule has 6 nitrogen and oxygen atoms in total. The van der Waals surface area contributed by atoms with Gasteiger partial charge in [-0.25, -0.2) is 17.5 Å². The summed E-state index contributed by atoms with van der Waals surface area (Å²) in [4.78, 5) is 4.33. The first-order valence-electron chi connectivity index (χ1n) is 6.84. The zero-order valence-electron chi connectivity index (χ0n) is 12.0. The minimum atomic E-state index is -3.69. The molecule has 2 rings (SSSR count). The van der Waals surface area contributed by atoms with Crippen molar-refractivity contribution in [1.82, 2.24) is 14.5 Å². The van der Waals surface area contributed by atoms with Gasteiger partial charge in [-0.15, -0.1) is 0 Å². The average molecular weight is 316 g/mol. The number of anilines is 1. The van der Waals surface area contributed by atoms with Gasteiger partial charge in [0.15, 0.2) is 0 Å². The molecule has 0 aliphatic carbocycles. The Hall–Kier alpha value is -1.22. The minimum Gasteiger partial charge on any atom is -0.396 e. The van der Waals surface area contributed by atoms with Crippen molar-refractivity contribution < 1.29 is 12.8 Å². The summed E-state index contributed by atoms with van der Waals surface area (Å²) in [6.45, 7) is 4.76. The molecule has 1 aromatic rings. The molecule has 1 saturated heterocycles. The summed E-state index contributed by atoms with van der Waals surface area (Å²) in [5.41, 5.74) is 5.28. The SMILES string of the molecule is CN1CCN(CCNS(=O)(=O)c2ccc(N)c(F)c2)CC1. The zero-order chi connectivity index (χ0) is 15.5. The highest BCUT2D eigenvalue weighted by molar-refractivity contribution is 7.89. The lowest BCUT2D eigenvalue weighted by Crippen LogP contribution is -2.46. The molecule has 1 heterocycles. The molecule has 0 amide bonds. The summed E-state index contributed by atoms with van der Waals surface area (Å²) in [5.74, 6) is -0.725. The highest BCUT2D eigenvalue weighted by Crippen LogP contribution is 2.15. The van der Waals surface area contributed by atoms with Gasteiger partial charge in [0.1, 0.15) is 5.82 Å². The molecule has 118 valence electrons. The third-order valence-corrected chi connectivity index (χ3v) is 5.06. The maximum atomic E-state index is 13.3. The van der Waals surface area contributed by atoms with E-state index in [-0.39, 0.29) is 10.6 Å². The van der Waals surface area contributed by atoms with Crippen LogP contribution >= 0.6 is 0 Å². The van der Waals surface area contributed by atoms with Crippen LogP contribution in [0.2, 0.25) is 0 Å². The molecule has 3 N–H and O–H groups in total. The van der Waals surface area contributed by atoms with Gasteiger partial charge in [-0.1, -0.05) is 0 Å². The number of benzene rings is 1. The quantitative estimate of drug-likeness (QED) is 0.744. The number of piperazine rings is 1. The third-order valence-electron chi connectivity index (χ3n) is 3.60. The van der Waals surface area contributed by atoms with Crippen LogP contribution in [0.3, 0.4) is 0 Å². The van der Waals surface area contributed by atoms with Crippen molar-refractivity contribution in [2.75, 3.05) is 52.0 Å². The molecule has 1 aliphatic rings. The molecule has 1 aromatic carbocycles. The molecule has 0 aromatic heterocycles. The molecule has 0 saturated carbocycles. The van der Waals surface area contributed by atoms with Crippen molar-refractivity contribution in [2.45, 2.75) is 4.90 Å². The number of rotatable bonds is 5. The van der Waals surface area contributed by atoms with E-state index in [1.165, 1.54) is 12.1 Å². The smallest absolute Gasteiger partial charge is 0.240 e. The third kappa shape index (κ3) is 4.37. The largest absolute Gasteiger partial charge is 0.396 e. The van der Waals surface area contributed by atoms with Crippen molar-refractivity contribution in [1.29, 1.82) is 0 Å². The van der Waals surface area contributed by atoms with Crippen molar-refractivity contribution in [2.24, 2.45) is 0 Å². The van der Waals surface area contributed by atoms with Gasteiger partial charge in [0.05, 0.1) is 10.6 Å². The van der Waals surface area contributed by atoms with Crippen LogP contribution in [0.15, 0.2) is 23.1 Å². The first-order valence-corrected chi connectivity index (χ1v) is 8.32. The monoisotopic (exact) mass is 316 g/mol. The van der Waals surface area contributed by atoms with Crippen LogP contribution in [0, 0.1) is 5.82 Å². The second kappa shape index (κ2) is 6.69. The number of nitrogens with two attached hydrogens (primary N) is 1. The Labute approximate surface area is 124 Å². The van der Waals surface area contributed by atoms with Crippen LogP contribution in [-0.4, -0.2) is 64.5 Å². The number of hydrogen-bond acceptors (Lipinski definition) is 5. The lowest BCUT2D eigenvalue weighted by atomic mass is 10.3. The number of nitrogen functional groups attached to an aromatic ring is 1. The van der Waals surface area contributed by atoms with Gasteiger partial charge >= 0.3 is 0 Å². The highest BCUT2D eigenvalue weighted by atomic mass is 32.2. The fourth-order valence-corrected chi connectivity index (χ4v) is 3.20. The molecule has 0 unspecified atom stereocenters. The predicted molar refractivity (Wildman–Crippen MR) is 79.9 cm³/mol. The fourth-order valence-electron chi connectivity index (χ4n) is 2.17. The average Bonchev–Trinajstić information content (AvgIpc) is 2.44. The molecular formula is C13H21FN4O2S. The molecule has 1 fully saturated rings. The minimum absolute atomic E-state index is 0.0635. The van der Waals surface area contributed by atoms with Gasteiger partial charge < -0.3 is 10.6 Å². The van der Waals surface area contributed by atoms with Crippen LogP contribution in [0.4, 0.5) is 10.1 Å². The second-order valence-corrected chi connectivity index (χ2v) is 6.99. The van der Waals surface area contributed by atoms with Crippen molar-refractivity contribution >= 4 is 15.7 Å². The van der Waals surface area contributed by atoms with Gasteiger partial charge in [0.25, 0.3) is 0 Å². The summed E-state index contributed by atoms with van der Waals surface area (Å²) in [7, 11) is -1.63. The summed E-state index contributed by atoms with van der Waals surface area (Å²) in [6.07, 6.45) is 0. The van der Waals surface area contributed by atoms with Crippen molar-refractivity contribution in [3.8, 4) is 0 Å². The number of halogens is 1. The Bertz CT molecular complexity index is 586. The Morgan fingerprint density at radius 3 is 2.57 bits per heavy atom. The Morgan fingerprint density at radius 1 is 1.29 bits per heavy atom. The molecule has 1 aliphatic heterocycles. The van der Waals surface area contributed by atoms with Crippen LogP contribution in [0.5, 0.6) is 0 Å². The van der Waals surface area contributed by atoms with E-state index in [1.807, 2.05) is 0 Å². The molecule has 0 atom stereocenters. The number of nitrogens with one attached hydrogen (secondary N) is 1. The van der Waals surface area contributed by atoms with Gasteiger partial charge in [-0.2, -0.15) is 0 Å². The first kappa shape index (κ1) is 16.2. The molecule has 21 heavy (non-hydrogen) atoms. The maximum Gasteiger partial charge on any atom is 0.240 e. The van der Waals surface area contributed by atoms with Gasteiger partial charge in [0.2, 0.25) is 10.0 Å². The Balaban J connectivity index is 1.88. The van der Waals surface area contributed by atoms with Crippen molar-refractivity contribution in [3.05, 3.63) is 24.0 Å². The summed E-state index contributed by atoms with van der Waals surface area (Å²) >= 11 is 0. The number of nitrogens with zero attached hydrogens (tertiary/aromatic N) is 2. The van der Waals surface area contributed by atoms with E-state index in [2.05, 4.69) is 21.6 Å². The number of likely N-dealkylation sites (N-methyl/N-ethyl adjacent to an activating group) is 1. The van der Waals surface area contributed by atoms with E-state index < -0.39 is 15.8 Å². The summed E-state index contributed by atoms with van der Waals surface area (Å²) in [6, 6.07) is 3.49. The Morgan fingerprint density at radius 2 is 1.95 bits per heavy atom. The van der Waals surface area contributed by atoms with Crippen LogP contribution in [0.25, 0.3) is 0 Å². The van der Waals surface area contributed by atoms with Crippen LogP contribution < -0.4 is 10.5 Å². The lowest BCUT2D eigenvalue weighted by Gasteiger charge is -2.32. The first-order chi connectivity index (χ1) is 9.88. The topological polar surface area (TPSA) is 78.7 Å². The summed E-state index contributed by atoms with van der Waals surface area (Å²) < 4.78 is 39.9. The molecule has 0 radical (unpaired) electrons. The maximum absolute atomic E-state index is 13.3. The lowest BCUT2D eigenvalue weighted by molar-refractivity contribution is 0.156.